The lowest BCUT2D eigenvalue weighted by molar-refractivity contribution is -0.136. The first-order chi connectivity index (χ1) is 17.0. The fourth-order valence-corrected chi connectivity index (χ4v) is 4.50. The number of benzene rings is 3. The van der Waals surface area contributed by atoms with E-state index in [0.29, 0.717) is 24.1 Å². The van der Waals surface area contributed by atoms with Crippen molar-refractivity contribution in [2.24, 2.45) is 0 Å². The van der Waals surface area contributed by atoms with Crippen molar-refractivity contribution in [2.45, 2.75) is 38.1 Å². The zero-order valence-corrected chi connectivity index (χ0v) is 19.5. The summed E-state index contributed by atoms with van der Waals surface area (Å²) in [7, 11) is 0. The SMILES string of the molecule is CCCC(NC(=O)OCC1c2ccccc2-c2ccccc21)C(=O)Nc1cccc(CC(=O)O)c1. The van der Waals surface area contributed by atoms with E-state index >= 15 is 0 Å². The maximum absolute atomic E-state index is 12.9. The maximum Gasteiger partial charge on any atom is 0.407 e. The second kappa shape index (κ2) is 10.9. The minimum atomic E-state index is -0.950. The van der Waals surface area contributed by atoms with Crippen molar-refractivity contribution in [3.8, 4) is 11.1 Å². The zero-order chi connectivity index (χ0) is 24.8. The molecule has 3 aromatic rings. The van der Waals surface area contributed by atoms with E-state index in [1.54, 1.807) is 24.3 Å². The second-order valence-corrected chi connectivity index (χ2v) is 8.57. The normalized spacial score (nSPS) is 12.8. The lowest BCUT2D eigenvalue weighted by Gasteiger charge is -2.19. The molecule has 0 heterocycles. The van der Waals surface area contributed by atoms with Gasteiger partial charge >= 0.3 is 12.1 Å². The Balaban J connectivity index is 1.39. The fraction of sp³-hybridized carbons (Fsp3) is 0.250. The molecule has 1 aliphatic rings. The molecule has 0 spiro atoms. The molecule has 3 N–H and O–H groups in total. The van der Waals surface area contributed by atoms with Gasteiger partial charge in [0.05, 0.1) is 6.42 Å². The first kappa shape index (κ1) is 24.0. The van der Waals surface area contributed by atoms with Gasteiger partial charge in [-0.2, -0.15) is 0 Å². The van der Waals surface area contributed by atoms with Gasteiger partial charge in [0, 0.05) is 11.6 Å². The predicted molar refractivity (Wildman–Crippen MR) is 133 cm³/mol. The van der Waals surface area contributed by atoms with Crippen LogP contribution in [0.1, 0.15) is 42.4 Å². The van der Waals surface area contributed by atoms with Gasteiger partial charge in [0.25, 0.3) is 0 Å². The highest BCUT2D eigenvalue weighted by Gasteiger charge is 2.29. The van der Waals surface area contributed by atoms with Crippen LogP contribution in [-0.2, 0) is 20.7 Å². The predicted octanol–water partition coefficient (Wildman–Crippen LogP) is 4.96. The third kappa shape index (κ3) is 5.69. The molecule has 0 saturated carbocycles. The molecule has 0 radical (unpaired) electrons. The number of hydrogen-bond acceptors (Lipinski definition) is 4. The molecule has 35 heavy (non-hydrogen) atoms. The first-order valence-corrected chi connectivity index (χ1v) is 11.7. The van der Waals surface area contributed by atoms with Crippen LogP contribution in [0.4, 0.5) is 10.5 Å². The van der Waals surface area contributed by atoms with Crippen LogP contribution in [0.3, 0.4) is 0 Å². The summed E-state index contributed by atoms with van der Waals surface area (Å²) in [5.41, 5.74) is 5.57. The maximum atomic E-state index is 12.9. The fourth-order valence-electron chi connectivity index (χ4n) is 4.50. The Kier molecular flexibility index (Phi) is 7.45. The summed E-state index contributed by atoms with van der Waals surface area (Å²) < 4.78 is 5.58. The molecule has 0 saturated heterocycles. The third-order valence-electron chi connectivity index (χ3n) is 6.08. The molecule has 180 valence electrons. The Morgan fingerprint density at radius 2 is 1.60 bits per heavy atom. The number of amides is 2. The molecule has 1 aliphatic carbocycles. The highest BCUT2D eigenvalue weighted by molar-refractivity contribution is 5.96. The summed E-state index contributed by atoms with van der Waals surface area (Å²) in [5.74, 6) is -1.40. The van der Waals surface area contributed by atoms with E-state index in [9.17, 15) is 14.4 Å². The molecule has 1 atom stereocenters. The lowest BCUT2D eigenvalue weighted by atomic mass is 9.98. The van der Waals surface area contributed by atoms with E-state index in [2.05, 4.69) is 22.8 Å². The molecule has 0 fully saturated rings. The van der Waals surface area contributed by atoms with Crippen molar-refractivity contribution in [1.29, 1.82) is 0 Å². The van der Waals surface area contributed by atoms with E-state index < -0.39 is 18.1 Å². The van der Waals surface area contributed by atoms with Crippen molar-refractivity contribution < 1.29 is 24.2 Å². The van der Waals surface area contributed by atoms with Gasteiger partial charge < -0.3 is 20.5 Å². The van der Waals surface area contributed by atoms with E-state index in [4.69, 9.17) is 9.84 Å². The van der Waals surface area contributed by atoms with Crippen LogP contribution in [0, 0.1) is 0 Å². The van der Waals surface area contributed by atoms with E-state index in [0.717, 1.165) is 22.3 Å². The minimum absolute atomic E-state index is 0.0661. The average molecular weight is 473 g/mol. The summed E-state index contributed by atoms with van der Waals surface area (Å²) in [6, 6.07) is 22.1. The van der Waals surface area contributed by atoms with Crippen LogP contribution in [0.5, 0.6) is 0 Å². The summed E-state index contributed by atoms with van der Waals surface area (Å²) in [5, 5.41) is 14.4. The third-order valence-corrected chi connectivity index (χ3v) is 6.08. The number of fused-ring (bicyclic) bond motifs is 3. The monoisotopic (exact) mass is 472 g/mol. The summed E-state index contributed by atoms with van der Waals surface area (Å²) in [6.07, 6.45) is 0.325. The molecule has 7 nitrogen and oxygen atoms in total. The Morgan fingerprint density at radius 3 is 2.23 bits per heavy atom. The number of carbonyl (C=O) groups is 3. The number of carboxylic acid groups (broad SMARTS) is 1. The molecule has 1 unspecified atom stereocenters. The van der Waals surface area contributed by atoms with E-state index in [1.807, 2.05) is 43.3 Å². The molecule has 3 aromatic carbocycles. The van der Waals surface area contributed by atoms with Crippen LogP contribution in [0.15, 0.2) is 72.8 Å². The van der Waals surface area contributed by atoms with Crippen molar-refractivity contribution in [3.05, 3.63) is 89.5 Å². The largest absolute Gasteiger partial charge is 0.481 e. The van der Waals surface area contributed by atoms with Gasteiger partial charge in [0.2, 0.25) is 5.91 Å². The van der Waals surface area contributed by atoms with Crippen LogP contribution in [0.2, 0.25) is 0 Å². The smallest absolute Gasteiger partial charge is 0.407 e. The van der Waals surface area contributed by atoms with Gasteiger partial charge in [-0.25, -0.2) is 4.79 Å². The number of nitrogens with one attached hydrogen (secondary N) is 2. The highest BCUT2D eigenvalue weighted by atomic mass is 16.5. The Hall–Kier alpha value is -4.13. The van der Waals surface area contributed by atoms with Gasteiger partial charge in [-0.3, -0.25) is 9.59 Å². The molecular formula is C28H28N2O5. The second-order valence-electron chi connectivity index (χ2n) is 8.57. The molecule has 0 aliphatic heterocycles. The Morgan fingerprint density at radius 1 is 0.943 bits per heavy atom. The Bertz CT molecular complexity index is 1190. The molecule has 0 aromatic heterocycles. The topological polar surface area (TPSA) is 105 Å². The van der Waals surface area contributed by atoms with E-state index in [1.165, 1.54) is 0 Å². The van der Waals surface area contributed by atoms with Crippen molar-refractivity contribution >= 4 is 23.7 Å². The molecule has 4 rings (SSSR count). The zero-order valence-electron chi connectivity index (χ0n) is 19.5. The number of hydrogen-bond donors (Lipinski definition) is 3. The molecule has 0 bridgehead atoms. The Labute approximate surface area is 204 Å². The number of alkyl carbamates (subject to hydrolysis) is 1. The molecule has 2 amide bonds. The number of anilines is 1. The van der Waals surface area contributed by atoms with Crippen molar-refractivity contribution in [3.63, 3.8) is 0 Å². The molecule has 7 heteroatoms. The van der Waals surface area contributed by atoms with Gasteiger partial charge in [-0.15, -0.1) is 0 Å². The summed E-state index contributed by atoms with van der Waals surface area (Å²) in [6.45, 7) is 2.09. The van der Waals surface area contributed by atoms with Crippen LogP contribution >= 0.6 is 0 Å². The van der Waals surface area contributed by atoms with Gasteiger partial charge in [-0.1, -0.05) is 74.0 Å². The van der Waals surface area contributed by atoms with Crippen molar-refractivity contribution in [2.75, 3.05) is 11.9 Å². The quantitative estimate of drug-likeness (QED) is 0.408. The van der Waals surface area contributed by atoms with Gasteiger partial charge in [0.15, 0.2) is 0 Å². The number of aliphatic carboxylic acids is 1. The minimum Gasteiger partial charge on any atom is -0.481 e. The van der Waals surface area contributed by atoms with Gasteiger partial charge in [-0.05, 0) is 46.4 Å². The lowest BCUT2D eigenvalue weighted by Crippen LogP contribution is -2.44. The van der Waals surface area contributed by atoms with Crippen molar-refractivity contribution in [1.82, 2.24) is 5.32 Å². The van der Waals surface area contributed by atoms with Gasteiger partial charge in [0.1, 0.15) is 12.6 Å². The standard InChI is InChI=1S/C28H28N2O5/c1-2-8-25(27(33)29-19-10-7-9-18(15-19)16-26(31)32)30-28(34)35-17-24-22-13-5-3-11-20(22)21-12-4-6-14-23(21)24/h3-7,9-15,24-25H,2,8,16-17H2,1H3,(H,29,33)(H,30,34)(H,31,32). The molecular weight excluding hydrogens is 444 g/mol. The average Bonchev–Trinajstić information content (AvgIpc) is 3.16. The van der Waals surface area contributed by atoms with Crippen LogP contribution < -0.4 is 10.6 Å². The first-order valence-electron chi connectivity index (χ1n) is 11.7. The van der Waals surface area contributed by atoms with Crippen LogP contribution in [-0.4, -0.2) is 35.7 Å². The number of ether oxygens (including phenoxy) is 1. The van der Waals surface area contributed by atoms with E-state index in [-0.39, 0.29) is 24.9 Å². The number of carboxylic acids is 1. The number of rotatable bonds is 9. The number of carbonyl (C=O) groups excluding carboxylic acids is 2. The highest BCUT2D eigenvalue weighted by Crippen LogP contribution is 2.44. The summed E-state index contributed by atoms with van der Waals surface area (Å²) >= 11 is 0. The van der Waals surface area contributed by atoms with Crippen LogP contribution in [0.25, 0.3) is 11.1 Å². The summed E-state index contributed by atoms with van der Waals surface area (Å²) in [4.78, 5) is 36.5.